The largest absolute Gasteiger partial charge is 0.369 e. The highest BCUT2D eigenvalue weighted by atomic mass is 35.5. The molecular weight excluding hydrogens is 250 g/mol. The average molecular weight is 262 g/mol. The monoisotopic (exact) mass is 261 g/mol. The molecule has 0 bridgehead atoms. The smallest absolute Gasteiger partial charge is 0.289 e. The first-order chi connectivity index (χ1) is 7.65. The molecule has 16 heavy (non-hydrogen) atoms. The summed E-state index contributed by atoms with van der Waals surface area (Å²) in [6.07, 6.45) is 4.23. The molecule has 0 aromatic carbocycles. The summed E-state index contributed by atoms with van der Waals surface area (Å²) in [6, 6.07) is 1.30. The van der Waals surface area contributed by atoms with Crippen molar-refractivity contribution in [2.75, 3.05) is 23.9 Å². The molecule has 0 amide bonds. The summed E-state index contributed by atoms with van der Waals surface area (Å²) in [5.74, 6) is 1.55. The number of aromatic nitrogens is 1. The van der Waals surface area contributed by atoms with E-state index in [1.807, 2.05) is 6.26 Å². The fourth-order valence-electron chi connectivity index (χ4n) is 1.08. The quantitative estimate of drug-likeness (QED) is 0.484. The van der Waals surface area contributed by atoms with Gasteiger partial charge in [0.15, 0.2) is 0 Å². The molecule has 0 radical (unpaired) electrons. The molecule has 7 heteroatoms. The molecule has 0 fully saturated rings. The van der Waals surface area contributed by atoms with Crippen molar-refractivity contribution in [3.05, 3.63) is 27.4 Å². The molecule has 5 nitrogen and oxygen atoms in total. The zero-order valence-corrected chi connectivity index (χ0v) is 10.3. The SMILES string of the molecule is CSCCCNc1ncc([N+](=O)[O-])cc1Cl. The lowest BCUT2D eigenvalue weighted by molar-refractivity contribution is -0.385. The molecule has 1 N–H and O–H groups in total. The van der Waals surface area contributed by atoms with Crippen LogP contribution in [0.1, 0.15) is 6.42 Å². The summed E-state index contributed by atoms with van der Waals surface area (Å²) >= 11 is 7.62. The number of nitrogens with zero attached hydrogens (tertiary/aromatic N) is 2. The summed E-state index contributed by atoms with van der Waals surface area (Å²) in [7, 11) is 0. The second kappa shape index (κ2) is 6.55. The van der Waals surface area contributed by atoms with Crippen molar-refractivity contribution in [3.63, 3.8) is 0 Å². The normalized spacial score (nSPS) is 10.1. The lowest BCUT2D eigenvalue weighted by atomic mass is 10.4. The van der Waals surface area contributed by atoms with E-state index in [1.165, 1.54) is 12.3 Å². The number of nitrogens with one attached hydrogen (secondary N) is 1. The molecule has 0 aliphatic carbocycles. The second-order valence-electron chi connectivity index (χ2n) is 3.05. The summed E-state index contributed by atoms with van der Waals surface area (Å²) < 4.78 is 0. The predicted octanol–water partition coefficient (Wildman–Crippen LogP) is 2.81. The van der Waals surface area contributed by atoms with Crippen LogP contribution >= 0.6 is 23.4 Å². The van der Waals surface area contributed by atoms with Crippen LogP contribution in [0.3, 0.4) is 0 Å². The predicted molar refractivity (Wildman–Crippen MR) is 67.4 cm³/mol. The highest BCUT2D eigenvalue weighted by Gasteiger charge is 2.10. The zero-order valence-electron chi connectivity index (χ0n) is 8.77. The highest BCUT2D eigenvalue weighted by Crippen LogP contribution is 2.23. The molecule has 0 atom stereocenters. The van der Waals surface area contributed by atoms with Gasteiger partial charge in [-0.05, 0) is 18.4 Å². The molecule has 1 rings (SSSR count). The number of hydrogen-bond donors (Lipinski definition) is 1. The Hall–Kier alpha value is -1.01. The lowest BCUT2D eigenvalue weighted by Crippen LogP contribution is -2.05. The Morgan fingerprint density at radius 2 is 2.44 bits per heavy atom. The van der Waals surface area contributed by atoms with Gasteiger partial charge in [-0.1, -0.05) is 11.6 Å². The van der Waals surface area contributed by atoms with Crippen molar-refractivity contribution in [2.45, 2.75) is 6.42 Å². The first kappa shape index (κ1) is 13.1. The van der Waals surface area contributed by atoms with E-state index >= 15 is 0 Å². The topological polar surface area (TPSA) is 68.1 Å². The second-order valence-corrected chi connectivity index (χ2v) is 4.45. The van der Waals surface area contributed by atoms with Crippen molar-refractivity contribution in [1.82, 2.24) is 4.98 Å². The number of hydrogen-bond acceptors (Lipinski definition) is 5. The van der Waals surface area contributed by atoms with E-state index in [9.17, 15) is 10.1 Å². The minimum absolute atomic E-state index is 0.0975. The van der Waals surface area contributed by atoms with Crippen LogP contribution in [0.4, 0.5) is 11.5 Å². The molecule has 0 aliphatic heterocycles. The Labute approximate surface area is 103 Å². The third-order valence-corrected chi connectivity index (χ3v) is 2.84. The van der Waals surface area contributed by atoms with Crippen LogP contribution in [0, 0.1) is 10.1 Å². The van der Waals surface area contributed by atoms with Crippen LogP contribution in [0.5, 0.6) is 0 Å². The van der Waals surface area contributed by atoms with Gasteiger partial charge in [-0.25, -0.2) is 4.98 Å². The molecule has 0 aliphatic rings. The first-order valence-corrected chi connectivity index (χ1v) is 6.45. The Morgan fingerprint density at radius 3 is 3.00 bits per heavy atom. The molecule has 1 heterocycles. The Kier molecular flexibility index (Phi) is 5.34. The summed E-state index contributed by atoms with van der Waals surface area (Å²) in [5.41, 5.74) is -0.0975. The minimum Gasteiger partial charge on any atom is -0.369 e. The molecule has 1 aromatic heterocycles. The van der Waals surface area contributed by atoms with Crippen LogP contribution in [-0.2, 0) is 0 Å². The van der Waals surface area contributed by atoms with Gasteiger partial charge in [0.1, 0.15) is 12.0 Å². The summed E-state index contributed by atoms with van der Waals surface area (Å²) in [5, 5.41) is 13.8. The fraction of sp³-hybridized carbons (Fsp3) is 0.444. The zero-order chi connectivity index (χ0) is 12.0. The van der Waals surface area contributed by atoms with Crippen LogP contribution in [0.2, 0.25) is 5.02 Å². The average Bonchev–Trinajstić information content (AvgIpc) is 2.26. The van der Waals surface area contributed by atoms with Crippen LogP contribution in [-0.4, -0.2) is 28.5 Å². The summed E-state index contributed by atoms with van der Waals surface area (Å²) in [6.45, 7) is 0.755. The van der Waals surface area contributed by atoms with Gasteiger partial charge in [0, 0.05) is 12.6 Å². The Balaban J connectivity index is 2.57. The third-order valence-electron chi connectivity index (χ3n) is 1.86. The van der Waals surface area contributed by atoms with Gasteiger partial charge in [-0.3, -0.25) is 10.1 Å². The van der Waals surface area contributed by atoms with Crippen molar-refractivity contribution >= 4 is 34.9 Å². The lowest BCUT2D eigenvalue weighted by Gasteiger charge is -2.06. The van der Waals surface area contributed by atoms with E-state index in [-0.39, 0.29) is 10.7 Å². The fourth-order valence-corrected chi connectivity index (χ4v) is 1.74. The van der Waals surface area contributed by atoms with Crippen molar-refractivity contribution in [1.29, 1.82) is 0 Å². The van der Waals surface area contributed by atoms with E-state index < -0.39 is 4.92 Å². The maximum absolute atomic E-state index is 10.4. The maximum atomic E-state index is 10.4. The number of pyridine rings is 1. The molecule has 0 saturated heterocycles. The maximum Gasteiger partial charge on any atom is 0.289 e. The van der Waals surface area contributed by atoms with E-state index in [0.29, 0.717) is 5.82 Å². The van der Waals surface area contributed by atoms with E-state index in [1.54, 1.807) is 11.8 Å². The van der Waals surface area contributed by atoms with E-state index in [4.69, 9.17) is 11.6 Å². The van der Waals surface area contributed by atoms with Gasteiger partial charge in [-0.15, -0.1) is 0 Å². The molecular formula is C9H12ClN3O2S. The number of nitro groups is 1. The number of thioether (sulfide) groups is 1. The Morgan fingerprint density at radius 1 is 1.69 bits per heavy atom. The molecule has 0 saturated carbocycles. The van der Waals surface area contributed by atoms with Gasteiger partial charge in [0.05, 0.1) is 9.95 Å². The van der Waals surface area contributed by atoms with Gasteiger partial charge in [0.25, 0.3) is 5.69 Å². The van der Waals surface area contributed by atoms with Crippen LogP contribution < -0.4 is 5.32 Å². The summed E-state index contributed by atoms with van der Waals surface area (Å²) in [4.78, 5) is 13.8. The van der Waals surface area contributed by atoms with E-state index in [0.717, 1.165) is 18.7 Å². The number of anilines is 1. The van der Waals surface area contributed by atoms with Gasteiger partial charge < -0.3 is 5.32 Å². The standard InChI is InChI=1S/C9H12ClN3O2S/c1-16-4-2-3-11-9-8(10)5-7(6-12-9)13(14)15/h5-6H,2-4H2,1H3,(H,11,12). The highest BCUT2D eigenvalue weighted by molar-refractivity contribution is 7.98. The van der Waals surface area contributed by atoms with Crippen molar-refractivity contribution in [3.8, 4) is 0 Å². The number of halogens is 1. The molecule has 0 spiro atoms. The third kappa shape index (κ3) is 3.86. The van der Waals surface area contributed by atoms with Gasteiger partial charge in [0.2, 0.25) is 0 Å². The Bertz CT molecular complexity index is 376. The van der Waals surface area contributed by atoms with Gasteiger partial charge in [-0.2, -0.15) is 11.8 Å². The molecule has 88 valence electrons. The van der Waals surface area contributed by atoms with Gasteiger partial charge >= 0.3 is 0 Å². The van der Waals surface area contributed by atoms with Crippen molar-refractivity contribution < 1.29 is 4.92 Å². The van der Waals surface area contributed by atoms with Crippen molar-refractivity contribution in [2.24, 2.45) is 0 Å². The van der Waals surface area contributed by atoms with E-state index in [2.05, 4.69) is 10.3 Å². The van der Waals surface area contributed by atoms with Crippen LogP contribution in [0.15, 0.2) is 12.3 Å². The minimum atomic E-state index is -0.517. The molecule has 1 aromatic rings. The number of rotatable bonds is 6. The molecule has 0 unspecified atom stereocenters. The van der Waals surface area contributed by atoms with Crippen LogP contribution in [0.25, 0.3) is 0 Å². The first-order valence-electron chi connectivity index (χ1n) is 4.68.